The smallest absolute Gasteiger partial charge is 0.230 e. The number of nitrogens with zero attached hydrogens (tertiary/aromatic N) is 2. The molecule has 0 aromatic carbocycles. The maximum absolute atomic E-state index is 12.6. The molecule has 0 radical (unpaired) electrons. The number of carbonyl (C=O) groups is 1. The number of ether oxygens (including phenoxy) is 1. The molecule has 0 spiro atoms. The monoisotopic (exact) mass is 286 g/mol. The Morgan fingerprint density at radius 1 is 1.43 bits per heavy atom. The standard InChI is InChI=1S/C15H18N4O2/c1-10-9-16-6-4-12(10)18-15(20)11-3-2-8-21-14(11)13-5-7-17-19-13/h4-7,9,11,14H,2-3,8H2,1H3,(H,17,19)(H,16,18,20)/t11-,14-/m1/s1. The van der Waals surface area contributed by atoms with Crippen LogP contribution in [0.25, 0.3) is 0 Å². The first-order valence-electron chi connectivity index (χ1n) is 7.08. The highest BCUT2D eigenvalue weighted by Crippen LogP contribution is 2.33. The van der Waals surface area contributed by atoms with Crippen LogP contribution < -0.4 is 5.32 Å². The van der Waals surface area contributed by atoms with E-state index in [-0.39, 0.29) is 17.9 Å². The van der Waals surface area contributed by atoms with Crippen LogP contribution in [0.1, 0.15) is 30.2 Å². The minimum absolute atomic E-state index is 0.0244. The molecule has 2 aromatic rings. The third-order valence-corrected chi connectivity index (χ3v) is 3.77. The summed E-state index contributed by atoms with van der Waals surface area (Å²) in [5.41, 5.74) is 2.59. The van der Waals surface area contributed by atoms with E-state index in [4.69, 9.17) is 4.74 Å². The molecule has 1 fully saturated rings. The zero-order valence-corrected chi connectivity index (χ0v) is 11.9. The van der Waals surface area contributed by atoms with Gasteiger partial charge in [-0.1, -0.05) is 0 Å². The van der Waals surface area contributed by atoms with Crippen molar-refractivity contribution in [3.05, 3.63) is 42.0 Å². The van der Waals surface area contributed by atoms with Gasteiger partial charge in [0, 0.05) is 30.9 Å². The van der Waals surface area contributed by atoms with E-state index in [1.807, 2.05) is 19.1 Å². The molecule has 6 heteroatoms. The number of carbonyl (C=O) groups excluding carboxylic acids is 1. The van der Waals surface area contributed by atoms with Crippen molar-refractivity contribution in [3.63, 3.8) is 0 Å². The third-order valence-electron chi connectivity index (χ3n) is 3.77. The molecule has 2 atom stereocenters. The second-order valence-electron chi connectivity index (χ2n) is 5.23. The molecule has 1 amide bonds. The summed E-state index contributed by atoms with van der Waals surface area (Å²) in [5.74, 6) is -0.240. The maximum atomic E-state index is 12.6. The Kier molecular flexibility index (Phi) is 3.96. The number of aromatic nitrogens is 3. The van der Waals surface area contributed by atoms with Crippen molar-refractivity contribution in [2.45, 2.75) is 25.9 Å². The predicted octanol–water partition coefficient (Wildman–Crippen LogP) is 2.22. The fourth-order valence-electron chi connectivity index (χ4n) is 2.62. The summed E-state index contributed by atoms with van der Waals surface area (Å²) in [4.78, 5) is 16.6. The molecule has 0 saturated carbocycles. The van der Waals surface area contributed by atoms with Crippen LogP contribution >= 0.6 is 0 Å². The Balaban J connectivity index is 1.77. The Labute approximate surface area is 122 Å². The fourth-order valence-corrected chi connectivity index (χ4v) is 2.62. The van der Waals surface area contributed by atoms with E-state index in [0.717, 1.165) is 29.8 Å². The number of H-pyrrole nitrogens is 1. The number of anilines is 1. The van der Waals surface area contributed by atoms with E-state index < -0.39 is 0 Å². The molecule has 2 aromatic heterocycles. The number of pyridine rings is 1. The second-order valence-corrected chi connectivity index (χ2v) is 5.23. The van der Waals surface area contributed by atoms with Gasteiger partial charge in [-0.15, -0.1) is 0 Å². The molecular formula is C15H18N4O2. The Hall–Kier alpha value is -2.21. The van der Waals surface area contributed by atoms with Crippen LogP contribution in [0.2, 0.25) is 0 Å². The minimum Gasteiger partial charge on any atom is -0.371 e. The van der Waals surface area contributed by atoms with Gasteiger partial charge in [0.15, 0.2) is 0 Å². The lowest BCUT2D eigenvalue weighted by Crippen LogP contribution is -2.33. The molecule has 6 nitrogen and oxygen atoms in total. The van der Waals surface area contributed by atoms with Crippen molar-refractivity contribution in [2.24, 2.45) is 5.92 Å². The third kappa shape index (κ3) is 2.95. The number of rotatable bonds is 3. The molecular weight excluding hydrogens is 268 g/mol. The largest absolute Gasteiger partial charge is 0.371 e. The van der Waals surface area contributed by atoms with E-state index >= 15 is 0 Å². The molecule has 0 bridgehead atoms. The molecule has 0 unspecified atom stereocenters. The van der Waals surface area contributed by atoms with Gasteiger partial charge in [0.25, 0.3) is 0 Å². The zero-order chi connectivity index (χ0) is 14.7. The number of amides is 1. The summed E-state index contributed by atoms with van der Waals surface area (Å²) in [6.07, 6.45) is 6.52. The van der Waals surface area contributed by atoms with Crippen LogP contribution in [0.15, 0.2) is 30.7 Å². The van der Waals surface area contributed by atoms with Gasteiger partial charge in [-0.3, -0.25) is 14.9 Å². The summed E-state index contributed by atoms with van der Waals surface area (Å²) in [6.45, 7) is 2.59. The molecule has 110 valence electrons. The molecule has 0 aliphatic carbocycles. The van der Waals surface area contributed by atoms with E-state index in [2.05, 4.69) is 20.5 Å². The first-order valence-corrected chi connectivity index (χ1v) is 7.08. The van der Waals surface area contributed by atoms with Gasteiger partial charge < -0.3 is 10.1 Å². The Bertz CT molecular complexity index is 612. The first kappa shape index (κ1) is 13.8. The zero-order valence-electron chi connectivity index (χ0n) is 11.9. The Morgan fingerprint density at radius 2 is 2.33 bits per heavy atom. The highest BCUT2D eigenvalue weighted by Gasteiger charge is 2.34. The van der Waals surface area contributed by atoms with Crippen molar-refractivity contribution in [1.29, 1.82) is 0 Å². The summed E-state index contributed by atoms with van der Waals surface area (Å²) < 4.78 is 5.78. The highest BCUT2D eigenvalue weighted by atomic mass is 16.5. The number of aryl methyl sites for hydroxylation is 1. The van der Waals surface area contributed by atoms with Crippen LogP contribution in [0.5, 0.6) is 0 Å². The van der Waals surface area contributed by atoms with Crippen molar-refractivity contribution in [2.75, 3.05) is 11.9 Å². The number of hydrogen-bond acceptors (Lipinski definition) is 4. The summed E-state index contributed by atoms with van der Waals surface area (Å²) in [6, 6.07) is 3.66. The molecule has 21 heavy (non-hydrogen) atoms. The van der Waals surface area contributed by atoms with Gasteiger partial charge in [-0.2, -0.15) is 5.10 Å². The van der Waals surface area contributed by atoms with E-state index in [1.165, 1.54) is 0 Å². The van der Waals surface area contributed by atoms with Crippen molar-refractivity contribution < 1.29 is 9.53 Å². The van der Waals surface area contributed by atoms with E-state index in [9.17, 15) is 4.79 Å². The van der Waals surface area contributed by atoms with E-state index in [1.54, 1.807) is 18.6 Å². The number of nitrogens with one attached hydrogen (secondary N) is 2. The maximum Gasteiger partial charge on any atom is 0.230 e. The molecule has 1 saturated heterocycles. The fraction of sp³-hybridized carbons (Fsp3) is 0.400. The normalized spacial score (nSPS) is 22.0. The van der Waals surface area contributed by atoms with Gasteiger partial charge in [0.2, 0.25) is 5.91 Å². The van der Waals surface area contributed by atoms with Crippen LogP contribution in [0.4, 0.5) is 5.69 Å². The highest BCUT2D eigenvalue weighted by molar-refractivity contribution is 5.93. The van der Waals surface area contributed by atoms with Gasteiger partial charge in [-0.05, 0) is 37.5 Å². The van der Waals surface area contributed by atoms with Gasteiger partial charge in [0.1, 0.15) is 6.10 Å². The van der Waals surface area contributed by atoms with Gasteiger partial charge >= 0.3 is 0 Å². The molecule has 2 N–H and O–H groups in total. The minimum atomic E-state index is -0.261. The average molecular weight is 286 g/mol. The van der Waals surface area contributed by atoms with Crippen molar-refractivity contribution in [1.82, 2.24) is 15.2 Å². The quantitative estimate of drug-likeness (QED) is 0.906. The second kappa shape index (κ2) is 6.05. The lowest BCUT2D eigenvalue weighted by atomic mass is 9.91. The topological polar surface area (TPSA) is 79.9 Å². The van der Waals surface area contributed by atoms with Crippen LogP contribution in [-0.2, 0) is 9.53 Å². The van der Waals surface area contributed by atoms with Crippen LogP contribution in [0.3, 0.4) is 0 Å². The lowest BCUT2D eigenvalue weighted by Gasteiger charge is -2.30. The van der Waals surface area contributed by atoms with Crippen molar-refractivity contribution >= 4 is 11.6 Å². The van der Waals surface area contributed by atoms with Crippen LogP contribution in [0, 0.1) is 12.8 Å². The van der Waals surface area contributed by atoms with Gasteiger partial charge in [0.05, 0.1) is 11.6 Å². The molecule has 3 rings (SSSR count). The van der Waals surface area contributed by atoms with E-state index in [0.29, 0.717) is 6.61 Å². The molecule has 1 aliphatic heterocycles. The lowest BCUT2D eigenvalue weighted by molar-refractivity contribution is -0.129. The van der Waals surface area contributed by atoms with Gasteiger partial charge in [-0.25, -0.2) is 0 Å². The SMILES string of the molecule is Cc1cnccc1NC(=O)[C@@H]1CCCO[C@H]1c1ccn[nH]1. The number of hydrogen-bond donors (Lipinski definition) is 2. The Morgan fingerprint density at radius 3 is 3.10 bits per heavy atom. The summed E-state index contributed by atoms with van der Waals surface area (Å²) in [7, 11) is 0. The van der Waals surface area contributed by atoms with Crippen molar-refractivity contribution in [3.8, 4) is 0 Å². The predicted molar refractivity (Wildman–Crippen MR) is 77.6 cm³/mol. The number of aromatic amines is 1. The average Bonchev–Trinajstić information content (AvgIpc) is 3.04. The van der Waals surface area contributed by atoms with Crippen LogP contribution in [-0.4, -0.2) is 27.7 Å². The summed E-state index contributed by atoms with van der Waals surface area (Å²) in [5, 5.41) is 9.82. The molecule has 1 aliphatic rings. The molecule has 3 heterocycles. The summed E-state index contributed by atoms with van der Waals surface area (Å²) >= 11 is 0. The first-order chi connectivity index (χ1) is 10.3.